The van der Waals surface area contributed by atoms with Crippen molar-refractivity contribution >= 4 is 29.4 Å². The van der Waals surface area contributed by atoms with Gasteiger partial charge in [0, 0.05) is 23.1 Å². The van der Waals surface area contributed by atoms with Crippen LogP contribution in [-0.4, -0.2) is 38.2 Å². The predicted octanol–water partition coefficient (Wildman–Crippen LogP) is 5.13. The maximum atomic E-state index is 13.3. The first-order chi connectivity index (χ1) is 17.3. The Balaban J connectivity index is 1.61. The van der Waals surface area contributed by atoms with Crippen molar-refractivity contribution in [1.82, 2.24) is 0 Å². The maximum Gasteiger partial charge on any atom is 0.312 e. The van der Waals surface area contributed by atoms with Crippen LogP contribution in [0.2, 0.25) is 5.02 Å². The molecular weight excluding hydrogens is 488 g/mol. The smallest absolute Gasteiger partial charge is 0.312 e. The van der Waals surface area contributed by atoms with E-state index in [1.165, 1.54) is 27.4 Å². The van der Waals surface area contributed by atoms with Crippen LogP contribution in [0.1, 0.15) is 39.4 Å². The first-order valence-corrected chi connectivity index (χ1v) is 11.3. The highest BCUT2D eigenvalue weighted by Crippen LogP contribution is 2.50. The maximum absolute atomic E-state index is 13.3. The lowest BCUT2D eigenvalue weighted by molar-refractivity contribution is -0.135. The molecule has 0 aliphatic carbocycles. The van der Waals surface area contributed by atoms with E-state index in [-0.39, 0.29) is 28.7 Å². The number of benzene rings is 3. The van der Waals surface area contributed by atoms with Gasteiger partial charge in [0.05, 0.1) is 38.3 Å². The normalized spacial score (nSPS) is 17.2. The molecule has 184 valence electrons. The SMILES string of the molecule is COc1cc(OC)c(OC)cc1C=C1Oc2c(ccc3c2C(c2ccc(O)c(Cl)c2)CC(=O)O3)C1=O. The Hall–Kier alpha value is -4.17. The molecule has 0 fully saturated rings. The van der Waals surface area contributed by atoms with Crippen molar-refractivity contribution in [3.63, 3.8) is 0 Å². The van der Waals surface area contributed by atoms with E-state index >= 15 is 0 Å². The molecule has 3 aromatic rings. The number of allylic oxidation sites excluding steroid dienone is 1. The lowest BCUT2D eigenvalue weighted by Gasteiger charge is -2.26. The van der Waals surface area contributed by atoms with Gasteiger partial charge in [0.2, 0.25) is 5.78 Å². The number of phenols is 1. The molecule has 9 heteroatoms. The number of ether oxygens (including phenoxy) is 5. The fourth-order valence-electron chi connectivity index (χ4n) is 4.44. The number of methoxy groups -OCH3 is 3. The number of ketones is 1. The minimum Gasteiger partial charge on any atom is -0.506 e. The van der Waals surface area contributed by atoms with Crippen molar-refractivity contribution in [3.05, 3.63) is 75.5 Å². The van der Waals surface area contributed by atoms with Crippen LogP contribution in [0.4, 0.5) is 0 Å². The van der Waals surface area contributed by atoms with Gasteiger partial charge in [0.25, 0.3) is 0 Å². The summed E-state index contributed by atoms with van der Waals surface area (Å²) in [6.07, 6.45) is 1.58. The van der Waals surface area contributed by atoms with E-state index in [0.717, 1.165) is 0 Å². The van der Waals surface area contributed by atoms with Crippen LogP contribution in [0.3, 0.4) is 0 Å². The van der Waals surface area contributed by atoms with Gasteiger partial charge in [-0.25, -0.2) is 0 Å². The van der Waals surface area contributed by atoms with Gasteiger partial charge in [0.1, 0.15) is 23.0 Å². The van der Waals surface area contributed by atoms with Crippen molar-refractivity contribution < 1.29 is 38.4 Å². The summed E-state index contributed by atoms with van der Waals surface area (Å²) in [4.78, 5) is 25.7. The minimum absolute atomic E-state index is 0.0185. The summed E-state index contributed by atoms with van der Waals surface area (Å²) in [5.41, 5.74) is 2.13. The Morgan fingerprint density at radius 1 is 0.944 bits per heavy atom. The van der Waals surface area contributed by atoms with E-state index in [9.17, 15) is 14.7 Å². The molecule has 0 bridgehead atoms. The quantitative estimate of drug-likeness (QED) is 0.287. The number of phenolic OH excluding ortho intramolecular Hbond substituents is 1. The lowest BCUT2D eigenvalue weighted by Crippen LogP contribution is -2.21. The summed E-state index contributed by atoms with van der Waals surface area (Å²) in [6, 6.07) is 11.2. The molecular formula is C27H21ClO8. The number of aromatic hydroxyl groups is 1. The largest absolute Gasteiger partial charge is 0.506 e. The van der Waals surface area contributed by atoms with Gasteiger partial charge in [-0.3, -0.25) is 9.59 Å². The molecule has 1 unspecified atom stereocenters. The number of halogens is 1. The summed E-state index contributed by atoms with van der Waals surface area (Å²) in [6.45, 7) is 0. The second-order valence-corrected chi connectivity index (χ2v) is 8.59. The fraction of sp³-hybridized carbons (Fsp3) is 0.185. The second-order valence-electron chi connectivity index (χ2n) is 8.18. The summed E-state index contributed by atoms with van der Waals surface area (Å²) in [5.74, 6) is 0.766. The molecule has 8 nitrogen and oxygen atoms in total. The third kappa shape index (κ3) is 3.89. The zero-order valence-electron chi connectivity index (χ0n) is 19.6. The topological polar surface area (TPSA) is 101 Å². The number of esters is 1. The highest BCUT2D eigenvalue weighted by molar-refractivity contribution is 6.32. The van der Waals surface area contributed by atoms with Crippen LogP contribution >= 0.6 is 11.6 Å². The predicted molar refractivity (Wildman–Crippen MR) is 131 cm³/mol. The molecule has 2 heterocycles. The first kappa shape index (κ1) is 23.6. The van der Waals surface area contributed by atoms with Crippen molar-refractivity contribution in [2.45, 2.75) is 12.3 Å². The molecule has 0 amide bonds. The van der Waals surface area contributed by atoms with Crippen LogP contribution < -0.4 is 23.7 Å². The van der Waals surface area contributed by atoms with Crippen molar-refractivity contribution in [2.75, 3.05) is 21.3 Å². The summed E-state index contributed by atoms with van der Waals surface area (Å²) >= 11 is 6.13. The number of rotatable bonds is 5. The number of hydrogen-bond donors (Lipinski definition) is 1. The van der Waals surface area contributed by atoms with Gasteiger partial charge >= 0.3 is 5.97 Å². The highest BCUT2D eigenvalue weighted by atomic mass is 35.5. The third-order valence-electron chi connectivity index (χ3n) is 6.18. The third-order valence-corrected chi connectivity index (χ3v) is 6.48. The standard InChI is InChI=1S/C27H21ClO8/c1-32-20-12-22(34-3)21(33-2)9-14(20)10-23-26(31)15-5-7-19-25(27(15)36-23)16(11-24(30)35-19)13-4-6-18(29)17(28)8-13/h4-10,12,16,29H,11H2,1-3H3. The first-order valence-electron chi connectivity index (χ1n) is 10.9. The van der Waals surface area contributed by atoms with E-state index in [4.69, 9.17) is 35.3 Å². The van der Waals surface area contributed by atoms with E-state index in [1.54, 1.807) is 42.5 Å². The number of hydrogen-bond acceptors (Lipinski definition) is 8. The van der Waals surface area contributed by atoms with Crippen LogP contribution in [-0.2, 0) is 4.79 Å². The van der Waals surface area contributed by atoms with Crippen LogP contribution in [0.25, 0.3) is 6.08 Å². The zero-order chi connectivity index (χ0) is 25.6. The highest BCUT2D eigenvalue weighted by Gasteiger charge is 2.38. The number of carbonyl (C=O) groups is 2. The van der Waals surface area contributed by atoms with Gasteiger partial charge in [-0.05, 0) is 42.0 Å². The van der Waals surface area contributed by atoms with Crippen LogP contribution in [0.5, 0.6) is 34.5 Å². The average Bonchev–Trinajstić information content (AvgIpc) is 3.19. The summed E-state index contributed by atoms with van der Waals surface area (Å²) in [7, 11) is 4.54. The molecule has 0 aromatic heterocycles. The van der Waals surface area contributed by atoms with Crippen molar-refractivity contribution in [2.24, 2.45) is 0 Å². The molecule has 36 heavy (non-hydrogen) atoms. The Labute approximate surface area is 211 Å². The molecule has 1 N–H and O–H groups in total. The van der Waals surface area contributed by atoms with E-state index < -0.39 is 11.9 Å². The van der Waals surface area contributed by atoms with Gasteiger partial charge in [-0.1, -0.05) is 17.7 Å². The van der Waals surface area contributed by atoms with Crippen LogP contribution in [0, 0.1) is 0 Å². The Morgan fingerprint density at radius 2 is 1.67 bits per heavy atom. The molecule has 1 atom stereocenters. The Kier molecular flexibility index (Phi) is 5.97. The fourth-order valence-corrected chi connectivity index (χ4v) is 4.63. The molecule has 2 aliphatic heterocycles. The van der Waals surface area contributed by atoms with Crippen LogP contribution in [0.15, 0.2) is 48.2 Å². The average molecular weight is 509 g/mol. The molecule has 0 saturated heterocycles. The lowest BCUT2D eigenvalue weighted by atomic mass is 9.84. The molecule has 0 radical (unpaired) electrons. The van der Waals surface area contributed by atoms with Gasteiger partial charge in [-0.15, -0.1) is 0 Å². The second kappa shape index (κ2) is 9.13. The van der Waals surface area contributed by atoms with Gasteiger partial charge < -0.3 is 28.8 Å². The number of fused-ring (bicyclic) bond motifs is 3. The molecule has 3 aromatic carbocycles. The molecule has 0 saturated carbocycles. The summed E-state index contributed by atoms with van der Waals surface area (Å²) in [5, 5.41) is 9.99. The Bertz CT molecular complexity index is 1440. The van der Waals surface area contributed by atoms with Gasteiger partial charge in [-0.2, -0.15) is 0 Å². The molecule has 2 aliphatic rings. The monoisotopic (exact) mass is 508 g/mol. The van der Waals surface area contributed by atoms with E-state index in [0.29, 0.717) is 51.0 Å². The minimum atomic E-state index is -0.489. The van der Waals surface area contributed by atoms with Crippen molar-refractivity contribution in [3.8, 4) is 34.5 Å². The number of carbonyl (C=O) groups excluding carboxylic acids is 2. The molecule has 0 spiro atoms. The van der Waals surface area contributed by atoms with E-state index in [1.807, 2.05) is 0 Å². The number of Topliss-reactive ketones (excluding diaryl/α,β-unsaturated/α-hetero) is 1. The zero-order valence-corrected chi connectivity index (χ0v) is 20.3. The molecule has 5 rings (SSSR count). The summed E-state index contributed by atoms with van der Waals surface area (Å²) < 4.78 is 27.7. The van der Waals surface area contributed by atoms with Crippen molar-refractivity contribution in [1.29, 1.82) is 0 Å². The van der Waals surface area contributed by atoms with Gasteiger partial charge in [0.15, 0.2) is 17.3 Å². The Morgan fingerprint density at radius 3 is 2.36 bits per heavy atom. The van der Waals surface area contributed by atoms with E-state index in [2.05, 4.69) is 0 Å².